The van der Waals surface area contributed by atoms with E-state index in [0.29, 0.717) is 17.7 Å². The van der Waals surface area contributed by atoms with Crippen molar-refractivity contribution in [2.45, 2.75) is 13.1 Å². The van der Waals surface area contributed by atoms with Gasteiger partial charge in [0.15, 0.2) is 11.7 Å². The van der Waals surface area contributed by atoms with E-state index in [9.17, 15) is 0 Å². The van der Waals surface area contributed by atoms with Crippen LogP contribution in [0.4, 0.5) is 0 Å². The maximum Gasteiger partial charge on any atom is 0.170 e. The number of hydrogen-bond donors (Lipinski definition) is 4. The normalized spacial score (nSPS) is 11.6. The molecule has 0 saturated heterocycles. The van der Waals surface area contributed by atoms with Crippen LogP contribution in [0, 0.1) is 0 Å². The van der Waals surface area contributed by atoms with Crippen molar-refractivity contribution in [1.29, 1.82) is 0 Å². The molecule has 2 aromatic carbocycles. The molecule has 4 aromatic rings. The van der Waals surface area contributed by atoms with Crippen LogP contribution in [0.25, 0.3) is 0 Å². The molecule has 32 heavy (non-hydrogen) atoms. The van der Waals surface area contributed by atoms with Crippen LogP contribution in [0.5, 0.6) is 0 Å². The van der Waals surface area contributed by atoms with Gasteiger partial charge in [0.2, 0.25) is 0 Å². The van der Waals surface area contributed by atoms with Gasteiger partial charge in [-0.1, -0.05) is 58.8 Å². The first-order chi connectivity index (χ1) is 15.6. The van der Waals surface area contributed by atoms with Gasteiger partial charge in [-0.05, 0) is 17.2 Å². The summed E-state index contributed by atoms with van der Waals surface area (Å²) in [6.45, 7) is 1.47. The Morgan fingerprint density at radius 3 is 1.78 bits per heavy atom. The molecule has 0 fully saturated rings. The van der Waals surface area contributed by atoms with E-state index in [1.807, 2.05) is 76.2 Å². The van der Waals surface area contributed by atoms with Gasteiger partial charge in [0.25, 0.3) is 0 Å². The Hall–Kier alpha value is -4.60. The maximum atomic E-state index is 8.52. The molecule has 0 unspecified atom stereocenters. The average molecular weight is 432 g/mol. The summed E-state index contributed by atoms with van der Waals surface area (Å²) >= 11 is 0. The minimum atomic E-state index is 0.116. The second-order valence-corrected chi connectivity index (χ2v) is 6.80. The highest BCUT2D eigenvalue weighted by Gasteiger charge is 2.00. The Balaban J connectivity index is 0.000000181. The van der Waals surface area contributed by atoms with Crippen LogP contribution in [0.3, 0.4) is 0 Å². The fourth-order valence-corrected chi connectivity index (χ4v) is 2.85. The standard InChI is InChI=1S/2C11H12N4O/c12-11(14-16)10-4-2-9(3-5-10)8-15-7-1-6-13-15;12-11(14-16)10-3-1-9(2-4-10)7-15-6-5-13-8-15/h1-7,16H,8H2,(H2,12,14);1-6,8,16H,7H2,(H2,12,14). The number of hydrogen-bond acceptors (Lipinski definition) is 6. The molecule has 6 N–H and O–H groups in total. The second kappa shape index (κ2) is 11.0. The number of nitrogens with zero attached hydrogens (tertiary/aromatic N) is 6. The first-order valence-electron chi connectivity index (χ1n) is 9.66. The Morgan fingerprint density at radius 1 is 0.781 bits per heavy atom. The zero-order valence-corrected chi connectivity index (χ0v) is 17.2. The maximum absolute atomic E-state index is 8.52. The topological polar surface area (TPSA) is 153 Å². The number of imidazole rings is 1. The third-order valence-corrected chi connectivity index (χ3v) is 4.54. The predicted octanol–water partition coefficient (Wildman–Crippen LogP) is 2.05. The molecule has 0 radical (unpaired) electrons. The van der Waals surface area contributed by atoms with Crippen molar-refractivity contribution in [2.75, 3.05) is 0 Å². The fraction of sp³-hybridized carbons (Fsp3) is 0.0909. The molecule has 0 spiro atoms. The summed E-state index contributed by atoms with van der Waals surface area (Å²) in [6, 6.07) is 16.9. The van der Waals surface area contributed by atoms with Gasteiger partial charge in [-0.3, -0.25) is 4.68 Å². The Bertz CT molecular complexity index is 1040. The highest BCUT2D eigenvalue weighted by Crippen LogP contribution is 2.07. The van der Waals surface area contributed by atoms with Crippen molar-refractivity contribution in [2.24, 2.45) is 21.8 Å². The van der Waals surface area contributed by atoms with Crippen LogP contribution in [-0.2, 0) is 13.1 Å². The van der Waals surface area contributed by atoms with Gasteiger partial charge in [-0.2, -0.15) is 5.10 Å². The van der Waals surface area contributed by atoms with E-state index >= 15 is 0 Å². The molecule has 0 bridgehead atoms. The molecule has 0 aliphatic carbocycles. The van der Waals surface area contributed by atoms with E-state index in [-0.39, 0.29) is 11.7 Å². The van der Waals surface area contributed by atoms with Gasteiger partial charge in [-0.15, -0.1) is 0 Å². The summed E-state index contributed by atoms with van der Waals surface area (Å²) in [6.07, 6.45) is 9.04. The summed E-state index contributed by atoms with van der Waals surface area (Å²) in [5.74, 6) is 0.236. The Labute approximate surface area is 184 Å². The van der Waals surface area contributed by atoms with Crippen LogP contribution in [-0.4, -0.2) is 41.4 Å². The van der Waals surface area contributed by atoms with E-state index in [1.54, 1.807) is 18.7 Å². The summed E-state index contributed by atoms with van der Waals surface area (Å²) in [5.41, 5.74) is 14.6. The lowest BCUT2D eigenvalue weighted by Crippen LogP contribution is -2.13. The average Bonchev–Trinajstić information content (AvgIpc) is 3.54. The van der Waals surface area contributed by atoms with E-state index in [2.05, 4.69) is 20.4 Å². The van der Waals surface area contributed by atoms with E-state index in [4.69, 9.17) is 21.9 Å². The van der Waals surface area contributed by atoms with Gasteiger partial charge in [0, 0.05) is 42.5 Å². The number of rotatable bonds is 6. The molecule has 0 atom stereocenters. The zero-order valence-electron chi connectivity index (χ0n) is 17.2. The minimum absolute atomic E-state index is 0.116. The summed E-state index contributed by atoms with van der Waals surface area (Å²) in [5, 5.41) is 27.0. The van der Waals surface area contributed by atoms with Crippen molar-refractivity contribution >= 4 is 11.7 Å². The van der Waals surface area contributed by atoms with Crippen molar-refractivity contribution in [3.8, 4) is 0 Å². The lowest BCUT2D eigenvalue weighted by molar-refractivity contribution is 0.318. The Kier molecular flexibility index (Phi) is 7.58. The number of aromatic nitrogens is 4. The molecule has 0 aliphatic heterocycles. The first kappa shape index (κ1) is 22.1. The molecule has 2 heterocycles. The molecule has 0 amide bonds. The predicted molar refractivity (Wildman–Crippen MR) is 121 cm³/mol. The third kappa shape index (κ3) is 6.20. The number of benzene rings is 2. The van der Waals surface area contributed by atoms with Crippen molar-refractivity contribution < 1.29 is 10.4 Å². The molecule has 10 heteroatoms. The number of amidine groups is 2. The summed E-state index contributed by atoms with van der Waals surface area (Å²) in [4.78, 5) is 3.97. The third-order valence-electron chi connectivity index (χ3n) is 4.54. The van der Waals surface area contributed by atoms with Crippen molar-refractivity contribution in [3.63, 3.8) is 0 Å². The molecule has 4 rings (SSSR count). The van der Waals surface area contributed by atoms with E-state index < -0.39 is 0 Å². The molecular formula is C22H24N8O2. The van der Waals surface area contributed by atoms with Crippen LogP contribution in [0.1, 0.15) is 22.3 Å². The summed E-state index contributed by atoms with van der Waals surface area (Å²) in [7, 11) is 0. The highest BCUT2D eigenvalue weighted by molar-refractivity contribution is 5.97. The number of oxime groups is 2. The first-order valence-corrected chi connectivity index (χ1v) is 9.66. The van der Waals surface area contributed by atoms with Crippen molar-refractivity contribution in [3.05, 3.63) is 108 Å². The Morgan fingerprint density at radius 2 is 1.34 bits per heavy atom. The fourth-order valence-electron chi connectivity index (χ4n) is 2.85. The van der Waals surface area contributed by atoms with Crippen LogP contribution >= 0.6 is 0 Å². The van der Waals surface area contributed by atoms with Crippen LogP contribution in [0.2, 0.25) is 0 Å². The van der Waals surface area contributed by atoms with Gasteiger partial charge in [0.05, 0.1) is 12.9 Å². The molecule has 0 aliphatic rings. The smallest absolute Gasteiger partial charge is 0.170 e. The van der Waals surface area contributed by atoms with E-state index in [1.165, 1.54) is 0 Å². The minimum Gasteiger partial charge on any atom is -0.409 e. The van der Waals surface area contributed by atoms with Gasteiger partial charge < -0.3 is 26.4 Å². The van der Waals surface area contributed by atoms with Crippen molar-refractivity contribution in [1.82, 2.24) is 19.3 Å². The molecule has 2 aromatic heterocycles. The second-order valence-electron chi connectivity index (χ2n) is 6.80. The largest absolute Gasteiger partial charge is 0.409 e. The lowest BCUT2D eigenvalue weighted by atomic mass is 10.1. The van der Waals surface area contributed by atoms with Gasteiger partial charge >= 0.3 is 0 Å². The zero-order chi connectivity index (χ0) is 22.8. The SMILES string of the molecule is NC(=NO)c1ccc(Cn2cccn2)cc1.NC(=NO)c1ccc(Cn2ccnc2)cc1. The molecule has 0 saturated carbocycles. The lowest BCUT2D eigenvalue weighted by Gasteiger charge is -2.03. The van der Waals surface area contributed by atoms with Gasteiger partial charge in [-0.25, -0.2) is 4.98 Å². The highest BCUT2D eigenvalue weighted by atomic mass is 16.4. The monoisotopic (exact) mass is 432 g/mol. The molecule has 164 valence electrons. The molecular weight excluding hydrogens is 408 g/mol. The van der Waals surface area contributed by atoms with Crippen LogP contribution in [0.15, 0.2) is 96.0 Å². The van der Waals surface area contributed by atoms with E-state index in [0.717, 1.165) is 17.7 Å². The summed E-state index contributed by atoms with van der Waals surface area (Å²) < 4.78 is 3.80. The quantitative estimate of drug-likeness (QED) is 0.158. The van der Waals surface area contributed by atoms with Crippen LogP contribution < -0.4 is 11.5 Å². The molecule has 10 nitrogen and oxygen atoms in total. The number of nitrogens with two attached hydrogens (primary N) is 2. The van der Waals surface area contributed by atoms with Gasteiger partial charge in [0.1, 0.15) is 0 Å².